The number of anilines is 1. The number of pyridine rings is 1. The Morgan fingerprint density at radius 3 is 2.94 bits per heavy atom. The van der Waals surface area contributed by atoms with Gasteiger partial charge in [0.15, 0.2) is 0 Å². The second-order valence-corrected chi connectivity index (χ2v) is 4.19. The van der Waals surface area contributed by atoms with Gasteiger partial charge in [-0.05, 0) is 29.3 Å². The second kappa shape index (κ2) is 5.76. The van der Waals surface area contributed by atoms with E-state index in [2.05, 4.69) is 26.2 Å². The minimum Gasteiger partial charge on any atom is -0.393 e. The summed E-state index contributed by atoms with van der Waals surface area (Å²) in [5.41, 5.74) is 0.306. The van der Waals surface area contributed by atoms with Gasteiger partial charge in [-0.15, -0.1) is 0 Å². The molecule has 0 aliphatic rings. The third kappa shape index (κ3) is 3.42. The molecule has 1 heterocycles. The van der Waals surface area contributed by atoms with Gasteiger partial charge in [-0.1, -0.05) is 0 Å². The highest BCUT2D eigenvalue weighted by molar-refractivity contribution is 9.10. The number of nitro groups is 1. The van der Waals surface area contributed by atoms with Gasteiger partial charge in [0.05, 0.1) is 15.5 Å². The molecule has 0 spiro atoms. The van der Waals surface area contributed by atoms with Crippen LogP contribution in [0.4, 0.5) is 11.4 Å². The summed E-state index contributed by atoms with van der Waals surface area (Å²) < 4.78 is 0.535. The Bertz CT molecular complexity index is 384. The molecule has 6 nitrogen and oxygen atoms in total. The zero-order valence-electron chi connectivity index (χ0n) is 8.68. The second-order valence-electron chi connectivity index (χ2n) is 3.34. The number of nitrogens with zero attached hydrogens (tertiary/aromatic N) is 2. The summed E-state index contributed by atoms with van der Waals surface area (Å²) in [6.45, 7) is 2.12. The number of aromatic nitrogens is 1. The Morgan fingerprint density at radius 2 is 2.38 bits per heavy atom. The van der Waals surface area contributed by atoms with E-state index in [1.165, 1.54) is 12.4 Å². The van der Waals surface area contributed by atoms with Gasteiger partial charge >= 0.3 is 5.69 Å². The van der Waals surface area contributed by atoms with Crippen LogP contribution in [-0.4, -0.2) is 27.7 Å². The highest BCUT2D eigenvalue weighted by Crippen LogP contribution is 2.30. The molecule has 0 radical (unpaired) electrons. The van der Waals surface area contributed by atoms with Crippen LogP contribution < -0.4 is 5.32 Å². The largest absolute Gasteiger partial charge is 0.393 e. The van der Waals surface area contributed by atoms with Gasteiger partial charge in [0.25, 0.3) is 0 Å². The van der Waals surface area contributed by atoms with Gasteiger partial charge in [-0.3, -0.25) is 15.1 Å². The first-order chi connectivity index (χ1) is 7.52. The molecule has 0 aliphatic heterocycles. The first kappa shape index (κ1) is 12.9. The minimum absolute atomic E-state index is 0.0834. The molecule has 1 aromatic rings. The highest BCUT2D eigenvalue weighted by atomic mass is 79.9. The van der Waals surface area contributed by atoms with Crippen molar-refractivity contribution in [1.82, 2.24) is 4.98 Å². The van der Waals surface area contributed by atoms with Crippen molar-refractivity contribution >= 4 is 27.3 Å². The topological polar surface area (TPSA) is 88.3 Å². The predicted molar refractivity (Wildman–Crippen MR) is 63.4 cm³/mol. The number of hydrogen-bond donors (Lipinski definition) is 2. The van der Waals surface area contributed by atoms with E-state index >= 15 is 0 Å². The first-order valence-electron chi connectivity index (χ1n) is 4.72. The lowest BCUT2D eigenvalue weighted by Gasteiger charge is -2.09. The highest BCUT2D eigenvalue weighted by Gasteiger charge is 2.16. The molecule has 0 fully saturated rings. The van der Waals surface area contributed by atoms with E-state index in [0.29, 0.717) is 23.1 Å². The number of halogens is 1. The van der Waals surface area contributed by atoms with Crippen LogP contribution in [0.2, 0.25) is 0 Å². The van der Waals surface area contributed by atoms with Crippen molar-refractivity contribution in [3.8, 4) is 0 Å². The monoisotopic (exact) mass is 289 g/mol. The van der Waals surface area contributed by atoms with Gasteiger partial charge in [0, 0.05) is 12.7 Å². The van der Waals surface area contributed by atoms with E-state index in [1.54, 1.807) is 6.92 Å². The SMILES string of the molecule is CC(O)CCNc1c(Br)cncc1[N+](=O)[O-]. The van der Waals surface area contributed by atoms with Gasteiger partial charge in [-0.2, -0.15) is 0 Å². The zero-order chi connectivity index (χ0) is 12.1. The molecule has 88 valence electrons. The molecule has 1 aromatic heterocycles. The maximum atomic E-state index is 10.7. The fraction of sp³-hybridized carbons (Fsp3) is 0.444. The maximum absolute atomic E-state index is 10.7. The quantitative estimate of drug-likeness (QED) is 0.639. The summed E-state index contributed by atoms with van der Waals surface area (Å²) in [5.74, 6) is 0. The smallest absolute Gasteiger partial charge is 0.311 e. The maximum Gasteiger partial charge on any atom is 0.311 e. The van der Waals surface area contributed by atoms with Gasteiger partial charge in [0.2, 0.25) is 0 Å². The Kier molecular flexibility index (Phi) is 4.63. The van der Waals surface area contributed by atoms with Crippen molar-refractivity contribution in [2.75, 3.05) is 11.9 Å². The third-order valence-electron chi connectivity index (χ3n) is 1.94. The van der Waals surface area contributed by atoms with Gasteiger partial charge < -0.3 is 10.4 Å². The van der Waals surface area contributed by atoms with E-state index in [9.17, 15) is 10.1 Å². The van der Waals surface area contributed by atoms with Crippen molar-refractivity contribution in [2.45, 2.75) is 19.4 Å². The van der Waals surface area contributed by atoms with Crippen LogP contribution in [0.5, 0.6) is 0 Å². The number of aliphatic hydroxyl groups excluding tert-OH is 1. The van der Waals surface area contributed by atoms with Crippen LogP contribution in [-0.2, 0) is 0 Å². The molecular weight excluding hydrogens is 278 g/mol. The van der Waals surface area contributed by atoms with Crippen LogP contribution in [0.15, 0.2) is 16.9 Å². The van der Waals surface area contributed by atoms with Crippen LogP contribution in [0.3, 0.4) is 0 Å². The van der Waals surface area contributed by atoms with Crippen molar-refractivity contribution in [1.29, 1.82) is 0 Å². The van der Waals surface area contributed by atoms with Crippen molar-refractivity contribution in [3.63, 3.8) is 0 Å². The van der Waals surface area contributed by atoms with E-state index in [1.807, 2.05) is 0 Å². The molecule has 0 bridgehead atoms. The number of aliphatic hydroxyl groups is 1. The molecule has 0 amide bonds. The van der Waals surface area contributed by atoms with Crippen molar-refractivity contribution in [2.24, 2.45) is 0 Å². The Hall–Kier alpha value is -1.21. The van der Waals surface area contributed by atoms with Crippen molar-refractivity contribution < 1.29 is 10.0 Å². The lowest BCUT2D eigenvalue weighted by molar-refractivity contribution is -0.384. The van der Waals surface area contributed by atoms with Crippen molar-refractivity contribution in [3.05, 3.63) is 27.0 Å². The van der Waals surface area contributed by atoms with Crippen LogP contribution in [0.1, 0.15) is 13.3 Å². The minimum atomic E-state index is -0.498. The summed E-state index contributed by atoms with van der Waals surface area (Å²) in [5, 5.41) is 22.7. The summed E-state index contributed by atoms with van der Waals surface area (Å²) in [6, 6.07) is 0. The first-order valence-corrected chi connectivity index (χ1v) is 5.51. The summed E-state index contributed by atoms with van der Waals surface area (Å²) >= 11 is 3.19. The van der Waals surface area contributed by atoms with E-state index < -0.39 is 11.0 Å². The summed E-state index contributed by atoms with van der Waals surface area (Å²) in [4.78, 5) is 14.0. The molecule has 2 N–H and O–H groups in total. The predicted octanol–water partition coefficient (Wildman–Crippen LogP) is 1.94. The third-order valence-corrected chi connectivity index (χ3v) is 2.54. The summed E-state index contributed by atoms with van der Waals surface area (Å²) in [7, 11) is 0. The molecule has 0 saturated heterocycles. The molecule has 0 aromatic carbocycles. The fourth-order valence-electron chi connectivity index (χ4n) is 1.14. The molecule has 1 atom stereocenters. The van der Waals surface area contributed by atoms with E-state index in [4.69, 9.17) is 5.11 Å². The van der Waals surface area contributed by atoms with E-state index in [-0.39, 0.29) is 5.69 Å². The van der Waals surface area contributed by atoms with Crippen LogP contribution >= 0.6 is 15.9 Å². The average Bonchev–Trinajstić information content (AvgIpc) is 2.19. The van der Waals surface area contributed by atoms with Crippen LogP contribution in [0, 0.1) is 10.1 Å². The van der Waals surface area contributed by atoms with Gasteiger partial charge in [-0.25, -0.2) is 0 Å². The molecule has 1 rings (SSSR count). The Balaban J connectivity index is 2.80. The normalized spacial score (nSPS) is 12.2. The molecule has 7 heteroatoms. The zero-order valence-corrected chi connectivity index (χ0v) is 10.3. The fourth-order valence-corrected chi connectivity index (χ4v) is 1.61. The molecule has 0 saturated carbocycles. The number of hydrogen-bond acceptors (Lipinski definition) is 5. The Labute approximate surface area is 101 Å². The molecule has 16 heavy (non-hydrogen) atoms. The summed E-state index contributed by atoms with van der Waals surface area (Å²) in [6.07, 6.45) is 2.76. The van der Waals surface area contributed by atoms with Crippen LogP contribution in [0.25, 0.3) is 0 Å². The average molecular weight is 290 g/mol. The standard InChI is InChI=1S/C9H12BrN3O3/c1-6(14)2-3-12-9-7(10)4-11-5-8(9)13(15)16/h4-6,14H,2-3H2,1H3,(H,11,12). The van der Waals surface area contributed by atoms with Gasteiger partial charge in [0.1, 0.15) is 11.9 Å². The lowest BCUT2D eigenvalue weighted by Crippen LogP contribution is -2.11. The molecular formula is C9H12BrN3O3. The Morgan fingerprint density at radius 1 is 1.69 bits per heavy atom. The number of nitrogens with one attached hydrogen (secondary N) is 1. The molecule has 0 aliphatic carbocycles. The number of rotatable bonds is 5. The lowest BCUT2D eigenvalue weighted by atomic mass is 10.2. The molecule has 1 unspecified atom stereocenters. The van der Waals surface area contributed by atoms with E-state index in [0.717, 1.165) is 0 Å².